The molecule has 12 nitrogen and oxygen atoms in total. The van der Waals surface area contributed by atoms with E-state index >= 15 is 0 Å². The Labute approximate surface area is 296 Å². The van der Waals surface area contributed by atoms with Crippen LogP contribution in [0.25, 0.3) is 22.5 Å². The lowest BCUT2D eigenvalue weighted by Gasteiger charge is -2.28. The zero-order valence-corrected chi connectivity index (χ0v) is 28.1. The number of alkyl halides is 4. The number of nitrogens with two attached hydrogens (primary N) is 2. The highest BCUT2D eigenvalue weighted by Crippen LogP contribution is 2.40. The summed E-state index contributed by atoms with van der Waals surface area (Å²) in [6.07, 6.45) is 1.91. The van der Waals surface area contributed by atoms with E-state index in [-0.39, 0.29) is 35.3 Å². The molecular formula is C36H39F4N7O5. The van der Waals surface area contributed by atoms with Crippen molar-refractivity contribution in [3.63, 3.8) is 0 Å². The van der Waals surface area contributed by atoms with Gasteiger partial charge in [0.2, 0.25) is 23.5 Å². The molecule has 1 heterocycles. The number of nitrogens with one attached hydrogen (secondary N) is 3. The number of anilines is 1. The average Bonchev–Trinajstić information content (AvgIpc) is 3.67. The Bertz CT molecular complexity index is 1840. The number of hydrogen-bond acceptors (Lipinski definition) is 8. The van der Waals surface area contributed by atoms with Crippen LogP contribution >= 0.6 is 0 Å². The number of nitrogens with zero attached hydrogens (tertiary/aromatic N) is 2. The van der Waals surface area contributed by atoms with Gasteiger partial charge in [0, 0.05) is 36.3 Å². The summed E-state index contributed by atoms with van der Waals surface area (Å²) in [5.74, 6) is -13.0. The Hall–Kier alpha value is -5.48. The van der Waals surface area contributed by atoms with Crippen LogP contribution in [0.4, 0.5) is 23.2 Å². The van der Waals surface area contributed by atoms with E-state index in [2.05, 4.69) is 20.7 Å². The second kappa shape index (κ2) is 17.2. The first-order valence-corrected chi connectivity index (χ1v) is 16.3. The molecule has 0 spiro atoms. The molecule has 16 heteroatoms. The minimum absolute atomic E-state index is 0.130. The molecule has 52 heavy (non-hydrogen) atoms. The minimum Gasteiger partial charge on any atom is -0.400 e. The van der Waals surface area contributed by atoms with Gasteiger partial charge in [0.25, 0.3) is 0 Å². The van der Waals surface area contributed by atoms with Gasteiger partial charge in [-0.1, -0.05) is 42.5 Å². The van der Waals surface area contributed by atoms with Crippen LogP contribution in [0.15, 0.2) is 72.8 Å². The number of amides is 3. The van der Waals surface area contributed by atoms with Crippen molar-refractivity contribution in [2.24, 2.45) is 23.3 Å². The smallest absolute Gasteiger partial charge is 0.375 e. The van der Waals surface area contributed by atoms with Crippen LogP contribution in [-0.4, -0.2) is 69.9 Å². The highest BCUT2D eigenvalue weighted by atomic mass is 19.3. The van der Waals surface area contributed by atoms with E-state index in [0.717, 1.165) is 31.1 Å². The number of aldehydes is 1. The van der Waals surface area contributed by atoms with E-state index in [1.807, 2.05) is 0 Å². The van der Waals surface area contributed by atoms with E-state index in [1.165, 1.54) is 24.3 Å². The zero-order chi connectivity index (χ0) is 38.1. The highest BCUT2D eigenvalue weighted by molar-refractivity contribution is 6.00. The molecule has 1 saturated carbocycles. The topological polar surface area (TPSA) is 206 Å². The van der Waals surface area contributed by atoms with Gasteiger partial charge in [-0.25, -0.2) is 4.98 Å². The number of rotatable bonds is 13. The fourth-order valence-electron chi connectivity index (χ4n) is 5.86. The SMILES string of the molecule is CO.NCC1CCC(C(=O)N[C@@H](Cc2ccc(-c3ccccc3C(N)=O)cc2)C(=O)Nc2ccc(-c3n[nH]c(C(F)(F)C(F)(F)C=O)n3)cc2)CC1. The number of hydrogen-bond donors (Lipinski definition) is 6. The molecular weight excluding hydrogens is 686 g/mol. The number of aromatic amines is 1. The maximum absolute atomic E-state index is 14.1. The van der Waals surface area contributed by atoms with Gasteiger partial charge >= 0.3 is 11.8 Å². The van der Waals surface area contributed by atoms with Crippen LogP contribution in [0.1, 0.15) is 47.4 Å². The molecule has 1 atom stereocenters. The van der Waals surface area contributed by atoms with E-state index in [1.54, 1.807) is 53.6 Å². The minimum atomic E-state index is -4.99. The predicted octanol–water partition coefficient (Wildman–Crippen LogP) is 4.20. The molecule has 8 N–H and O–H groups in total. The third-order valence-corrected chi connectivity index (χ3v) is 8.84. The standard InChI is InChI=1S/C35H35F4N7O4.CH4O/c36-34(37,19-47)35(38,39)33-44-30(45-46-33)23-13-15-25(16-14-23)42-32(50)28(43-31(49)24-11-7-21(18-40)8-12-24)17-20-5-9-22(10-6-20)26-3-1-2-4-27(26)29(41)48;1-2/h1-6,9-10,13-16,19,21,24,28H,7-8,11-12,17-18,40H2,(H2,41,48)(H,42,50)(H,43,49)(H,44,45,46);2H,1H3/t21?,24?,28-;/m0./s1. The monoisotopic (exact) mass is 725 g/mol. The molecule has 5 rings (SSSR count). The van der Waals surface area contributed by atoms with E-state index in [0.29, 0.717) is 36.4 Å². The molecule has 4 aromatic rings. The quantitative estimate of drug-likeness (QED) is 0.0868. The summed E-state index contributed by atoms with van der Waals surface area (Å²) in [6.45, 7) is 0.554. The Balaban J connectivity index is 0.00000297. The summed E-state index contributed by atoms with van der Waals surface area (Å²) in [6, 6.07) is 18.7. The molecule has 1 aliphatic carbocycles. The molecule has 0 aliphatic heterocycles. The largest absolute Gasteiger partial charge is 0.400 e. The third-order valence-electron chi connectivity index (χ3n) is 8.84. The third kappa shape index (κ3) is 9.05. The van der Waals surface area contributed by atoms with Crippen molar-refractivity contribution in [1.82, 2.24) is 20.5 Å². The van der Waals surface area contributed by atoms with Crippen molar-refractivity contribution in [2.75, 3.05) is 19.0 Å². The number of H-pyrrole nitrogens is 1. The molecule has 0 unspecified atom stereocenters. The zero-order valence-electron chi connectivity index (χ0n) is 28.1. The van der Waals surface area contributed by atoms with Crippen molar-refractivity contribution >= 4 is 29.7 Å². The van der Waals surface area contributed by atoms with Gasteiger partial charge in [0.15, 0.2) is 12.1 Å². The van der Waals surface area contributed by atoms with Crippen LogP contribution in [0.3, 0.4) is 0 Å². The predicted molar refractivity (Wildman–Crippen MR) is 184 cm³/mol. The molecule has 276 valence electrons. The lowest BCUT2D eigenvalue weighted by molar-refractivity contribution is -0.206. The number of benzene rings is 3. The van der Waals surface area contributed by atoms with Gasteiger partial charge in [-0.3, -0.25) is 24.3 Å². The molecule has 1 fully saturated rings. The van der Waals surface area contributed by atoms with Crippen LogP contribution in [0, 0.1) is 11.8 Å². The molecule has 1 aromatic heterocycles. The Morgan fingerprint density at radius 2 is 1.56 bits per heavy atom. The Morgan fingerprint density at radius 3 is 2.15 bits per heavy atom. The Kier molecular flexibility index (Phi) is 13.0. The van der Waals surface area contributed by atoms with E-state index in [4.69, 9.17) is 16.6 Å². The lowest BCUT2D eigenvalue weighted by atomic mass is 9.81. The number of aliphatic hydroxyl groups is 1. The summed E-state index contributed by atoms with van der Waals surface area (Å²) < 4.78 is 55.1. The highest BCUT2D eigenvalue weighted by Gasteiger charge is 2.60. The first kappa shape index (κ1) is 39.3. The van der Waals surface area contributed by atoms with Gasteiger partial charge in [-0.15, -0.1) is 0 Å². The number of halogens is 4. The maximum atomic E-state index is 14.1. The molecule has 1 aliphatic rings. The van der Waals surface area contributed by atoms with Crippen LogP contribution < -0.4 is 22.1 Å². The second-order valence-corrected chi connectivity index (χ2v) is 12.2. The number of aliphatic hydroxyl groups excluding tert-OH is 1. The number of aromatic nitrogens is 3. The average molecular weight is 726 g/mol. The lowest BCUT2D eigenvalue weighted by Crippen LogP contribution is -2.48. The van der Waals surface area contributed by atoms with Gasteiger partial charge < -0.3 is 27.2 Å². The Morgan fingerprint density at radius 1 is 0.942 bits per heavy atom. The van der Waals surface area contributed by atoms with Gasteiger partial charge in [0.05, 0.1) is 0 Å². The first-order chi connectivity index (χ1) is 24.8. The number of primary amides is 1. The summed E-state index contributed by atoms with van der Waals surface area (Å²) in [5.41, 5.74) is 14.3. The molecule has 3 aromatic carbocycles. The van der Waals surface area contributed by atoms with Crippen LogP contribution in [-0.2, 0) is 26.7 Å². The number of carbonyl (C=O) groups excluding carboxylic acids is 4. The van der Waals surface area contributed by atoms with Crippen LogP contribution in [0.5, 0.6) is 0 Å². The summed E-state index contributed by atoms with van der Waals surface area (Å²) >= 11 is 0. The van der Waals surface area contributed by atoms with Crippen molar-refractivity contribution in [3.05, 3.63) is 89.7 Å². The molecule has 3 amide bonds. The van der Waals surface area contributed by atoms with Gasteiger partial charge in [0.1, 0.15) is 6.04 Å². The fourth-order valence-corrected chi connectivity index (χ4v) is 5.86. The normalized spacial score (nSPS) is 16.5. The number of carbonyl (C=O) groups is 4. The van der Waals surface area contributed by atoms with Crippen molar-refractivity contribution in [3.8, 4) is 22.5 Å². The summed E-state index contributed by atoms with van der Waals surface area (Å²) in [5, 5.41) is 18.0. The maximum Gasteiger partial charge on any atom is 0.375 e. The fraction of sp³-hybridized carbons (Fsp3) is 0.333. The van der Waals surface area contributed by atoms with E-state index < -0.39 is 41.8 Å². The van der Waals surface area contributed by atoms with Gasteiger partial charge in [-0.2, -0.15) is 22.7 Å². The van der Waals surface area contributed by atoms with Crippen molar-refractivity contribution < 1.29 is 41.8 Å². The molecule has 0 radical (unpaired) electrons. The summed E-state index contributed by atoms with van der Waals surface area (Å²) in [4.78, 5) is 52.8. The van der Waals surface area contributed by atoms with Crippen LogP contribution in [0.2, 0.25) is 0 Å². The van der Waals surface area contributed by atoms with Crippen molar-refractivity contribution in [1.29, 1.82) is 0 Å². The van der Waals surface area contributed by atoms with Gasteiger partial charge in [-0.05, 0) is 85.2 Å². The first-order valence-electron chi connectivity index (χ1n) is 16.3. The second-order valence-electron chi connectivity index (χ2n) is 12.2. The molecule has 0 saturated heterocycles. The van der Waals surface area contributed by atoms with E-state index in [9.17, 15) is 36.7 Å². The van der Waals surface area contributed by atoms with Crippen molar-refractivity contribution in [2.45, 2.75) is 50.0 Å². The summed E-state index contributed by atoms with van der Waals surface area (Å²) in [7, 11) is 1.00. The molecule has 0 bridgehead atoms.